The highest BCUT2D eigenvalue weighted by Crippen LogP contribution is 2.31. The molecule has 2 aromatic rings. The Hall–Kier alpha value is -2.16. The predicted molar refractivity (Wildman–Crippen MR) is 82.4 cm³/mol. The Balaban J connectivity index is 2.22. The van der Waals surface area contributed by atoms with Gasteiger partial charge in [-0.25, -0.2) is 0 Å². The Morgan fingerprint density at radius 3 is 2.40 bits per heavy atom. The number of phenolic OH excluding ortho intramolecular Hbond substituents is 1. The zero-order valence-electron chi connectivity index (χ0n) is 12.0. The highest BCUT2D eigenvalue weighted by molar-refractivity contribution is 5.50. The van der Waals surface area contributed by atoms with Gasteiger partial charge in [0.25, 0.3) is 0 Å². The van der Waals surface area contributed by atoms with Crippen LogP contribution in [0.2, 0.25) is 0 Å². The SMILES string of the molecule is CCOc1cccc(CN(CC)c2ccccc2)c1O. The molecule has 106 valence electrons. The molecule has 0 saturated carbocycles. The summed E-state index contributed by atoms with van der Waals surface area (Å²) in [4.78, 5) is 2.21. The lowest BCUT2D eigenvalue weighted by Crippen LogP contribution is -2.21. The Kier molecular flexibility index (Phi) is 4.88. The lowest BCUT2D eigenvalue weighted by Gasteiger charge is -2.24. The number of benzene rings is 2. The second-order valence-electron chi connectivity index (χ2n) is 4.55. The topological polar surface area (TPSA) is 32.7 Å². The monoisotopic (exact) mass is 271 g/mol. The number of hydrogen-bond donors (Lipinski definition) is 1. The number of hydrogen-bond acceptors (Lipinski definition) is 3. The Bertz CT molecular complexity index is 540. The molecule has 0 aliphatic heterocycles. The molecule has 0 amide bonds. The van der Waals surface area contributed by atoms with Crippen molar-refractivity contribution in [2.24, 2.45) is 0 Å². The lowest BCUT2D eigenvalue weighted by molar-refractivity contribution is 0.316. The van der Waals surface area contributed by atoms with Gasteiger partial charge in [0.05, 0.1) is 6.61 Å². The van der Waals surface area contributed by atoms with Crippen LogP contribution in [0.5, 0.6) is 11.5 Å². The minimum atomic E-state index is 0.240. The van der Waals surface area contributed by atoms with E-state index in [0.717, 1.165) is 17.8 Å². The second-order valence-corrected chi connectivity index (χ2v) is 4.55. The van der Waals surface area contributed by atoms with E-state index < -0.39 is 0 Å². The van der Waals surface area contributed by atoms with Gasteiger partial charge in [-0.2, -0.15) is 0 Å². The average Bonchev–Trinajstić information content (AvgIpc) is 2.49. The second kappa shape index (κ2) is 6.85. The molecular weight excluding hydrogens is 250 g/mol. The molecule has 0 saturated heterocycles. The van der Waals surface area contributed by atoms with Crippen LogP contribution in [0.3, 0.4) is 0 Å². The van der Waals surface area contributed by atoms with Gasteiger partial charge in [0.1, 0.15) is 0 Å². The zero-order valence-corrected chi connectivity index (χ0v) is 12.0. The number of anilines is 1. The first-order valence-corrected chi connectivity index (χ1v) is 6.99. The molecule has 0 spiro atoms. The van der Waals surface area contributed by atoms with Gasteiger partial charge >= 0.3 is 0 Å². The third kappa shape index (κ3) is 3.23. The van der Waals surface area contributed by atoms with Crippen molar-refractivity contribution in [3.05, 3.63) is 54.1 Å². The van der Waals surface area contributed by atoms with Crippen LogP contribution in [-0.2, 0) is 6.54 Å². The van der Waals surface area contributed by atoms with Crippen LogP contribution < -0.4 is 9.64 Å². The van der Waals surface area contributed by atoms with E-state index in [4.69, 9.17) is 4.74 Å². The number of rotatable bonds is 6. The molecule has 3 heteroatoms. The van der Waals surface area contributed by atoms with Gasteiger partial charge in [-0.3, -0.25) is 0 Å². The smallest absolute Gasteiger partial charge is 0.162 e. The van der Waals surface area contributed by atoms with E-state index >= 15 is 0 Å². The first-order chi connectivity index (χ1) is 9.76. The van der Waals surface area contributed by atoms with E-state index in [-0.39, 0.29) is 5.75 Å². The van der Waals surface area contributed by atoms with E-state index in [1.54, 1.807) is 6.07 Å². The average molecular weight is 271 g/mol. The summed E-state index contributed by atoms with van der Waals surface area (Å²) in [5.41, 5.74) is 2.03. The van der Waals surface area contributed by atoms with Crippen molar-refractivity contribution in [1.82, 2.24) is 0 Å². The molecule has 0 aliphatic rings. The van der Waals surface area contributed by atoms with Crippen molar-refractivity contribution in [3.8, 4) is 11.5 Å². The molecule has 1 N–H and O–H groups in total. The summed E-state index contributed by atoms with van der Waals surface area (Å²) < 4.78 is 5.43. The van der Waals surface area contributed by atoms with Crippen LogP contribution in [-0.4, -0.2) is 18.3 Å². The summed E-state index contributed by atoms with van der Waals surface area (Å²) in [6.07, 6.45) is 0. The Labute approximate surface area is 120 Å². The molecule has 0 heterocycles. The molecule has 0 aliphatic carbocycles. The van der Waals surface area contributed by atoms with E-state index in [1.165, 1.54) is 0 Å². The fourth-order valence-electron chi connectivity index (χ4n) is 2.20. The fraction of sp³-hybridized carbons (Fsp3) is 0.294. The van der Waals surface area contributed by atoms with Crippen LogP contribution in [0.25, 0.3) is 0 Å². The van der Waals surface area contributed by atoms with E-state index in [9.17, 15) is 5.11 Å². The van der Waals surface area contributed by atoms with Crippen LogP contribution in [0.4, 0.5) is 5.69 Å². The minimum absolute atomic E-state index is 0.240. The van der Waals surface area contributed by atoms with Gasteiger partial charge in [-0.1, -0.05) is 30.3 Å². The third-order valence-electron chi connectivity index (χ3n) is 3.25. The molecule has 2 aromatic carbocycles. The molecule has 0 atom stereocenters. The van der Waals surface area contributed by atoms with E-state index in [0.29, 0.717) is 18.9 Å². The molecule has 3 nitrogen and oxygen atoms in total. The van der Waals surface area contributed by atoms with Gasteiger partial charge in [0.15, 0.2) is 11.5 Å². The summed E-state index contributed by atoms with van der Waals surface area (Å²) in [6.45, 7) is 6.10. The summed E-state index contributed by atoms with van der Waals surface area (Å²) in [5, 5.41) is 10.3. The van der Waals surface area contributed by atoms with Crippen molar-refractivity contribution < 1.29 is 9.84 Å². The largest absolute Gasteiger partial charge is 0.504 e. The molecule has 0 fully saturated rings. The lowest BCUT2D eigenvalue weighted by atomic mass is 10.1. The van der Waals surface area contributed by atoms with Crippen LogP contribution in [0, 0.1) is 0 Å². The third-order valence-corrected chi connectivity index (χ3v) is 3.25. The van der Waals surface area contributed by atoms with Crippen molar-refractivity contribution in [3.63, 3.8) is 0 Å². The van der Waals surface area contributed by atoms with E-state index in [1.807, 2.05) is 37.3 Å². The number of nitrogens with zero attached hydrogens (tertiary/aromatic N) is 1. The van der Waals surface area contributed by atoms with Crippen molar-refractivity contribution >= 4 is 5.69 Å². The molecule has 0 bridgehead atoms. The van der Waals surface area contributed by atoms with Gasteiger partial charge in [0, 0.05) is 24.3 Å². The highest BCUT2D eigenvalue weighted by Gasteiger charge is 2.11. The Morgan fingerprint density at radius 1 is 1.00 bits per heavy atom. The van der Waals surface area contributed by atoms with Crippen LogP contribution in [0.15, 0.2) is 48.5 Å². The molecule has 0 radical (unpaired) electrons. The quantitative estimate of drug-likeness (QED) is 0.867. The van der Waals surface area contributed by atoms with Crippen LogP contribution in [0.1, 0.15) is 19.4 Å². The summed E-state index contributed by atoms with van der Waals surface area (Å²) in [7, 11) is 0. The van der Waals surface area contributed by atoms with Gasteiger partial charge in [-0.15, -0.1) is 0 Å². The van der Waals surface area contributed by atoms with Crippen molar-refractivity contribution in [2.45, 2.75) is 20.4 Å². The molecule has 0 unspecified atom stereocenters. The zero-order chi connectivity index (χ0) is 14.4. The van der Waals surface area contributed by atoms with E-state index in [2.05, 4.69) is 24.0 Å². The molecule has 0 aromatic heterocycles. The summed E-state index contributed by atoms with van der Waals surface area (Å²) in [6, 6.07) is 15.8. The standard InChI is InChI=1S/C17H21NO2/c1-3-18(15-10-6-5-7-11-15)13-14-9-8-12-16(17(14)19)20-4-2/h5-12,19H,3-4,13H2,1-2H3. The maximum atomic E-state index is 10.3. The minimum Gasteiger partial charge on any atom is -0.504 e. The number of phenols is 1. The number of aromatic hydroxyl groups is 1. The fourth-order valence-corrected chi connectivity index (χ4v) is 2.20. The molecule has 2 rings (SSSR count). The Morgan fingerprint density at radius 2 is 1.75 bits per heavy atom. The predicted octanol–water partition coefficient (Wildman–Crippen LogP) is 3.82. The number of para-hydroxylation sites is 2. The highest BCUT2D eigenvalue weighted by atomic mass is 16.5. The van der Waals surface area contributed by atoms with Gasteiger partial charge < -0.3 is 14.7 Å². The van der Waals surface area contributed by atoms with Crippen LogP contribution >= 0.6 is 0 Å². The van der Waals surface area contributed by atoms with Gasteiger partial charge in [0.2, 0.25) is 0 Å². The molecular formula is C17H21NO2. The maximum Gasteiger partial charge on any atom is 0.162 e. The first-order valence-electron chi connectivity index (χ1n) is 6.99. The molecule has 20 heavy (non-hydrogen) atoms. The first kappa shape index (κ1) is 14.3. The summed E-state index contributed by atoms with van der Waals surface area (Å²) >= 11 is 0. The van der Waals surface area contributed by atoms with Crippen molar-refractivity contribution in [1.29, 1.82) is 0 Å². The van der Waals surface area contributed by atoms with Gasteiger partial charge in [-0.05, 0) is 32.0 Å². The summed E-state index contributed by atoms with van der Waals surface area (Å²) in [5.74, 6) is 0.790. The van der Waals surface area contributed by atoms with Crippen molar-refractivity contribution in [2.75, 3.05) is 18.1 Å². The normalized spacial score (nSPS) is 10.3. The number of ether oxygens (including phenoxy) is 1. The maximum absolute atomic E-state index is 10.3.